The first kappa shape index (κ1) is 17.0. The third-order valence-corrected chi connectivity index (χ3v) is 5.50. The smallest absolute Gasteiger partial charge is 0.234 e. The Kier molecular flexibility index (Phi) is 5.53. The highest BCUT2D eigenvalue weighted by Gasteiger charge is 2.27. The Morgan fingerprint density at radius 1 is 1.29 bits per heavy atom. The molecule has 1 unspecified atom stereocenters. The third kappa shape index (κ3) is 4.16. The van der Waals surface area contributed by atoms with E-state index in [0.29, 0.717) is 19.1 Å². The fraction of sp³-hybridized carbons (Fsp3) is 0.421. The number of benzene rings is 1. The van der Waals surface area contributed by atoms with Crippen molar-refractivity contribution in [3.8, 4) is 0 Å². The first-order valence-electron chi connectivity index (χ1n) is 8.44. The minimum Gasteiger partial charge on any atom is -0.378 e. The van der Waals surface area contributed by atoms with Crippen molar-refractivity contribution in [2.45, 2.75) is 25.4 Å². The molecule has 2 aromatic rings. The quantitative estimate of drug-likeness (QED) is 0.874. The van der Waals surface area contributed by atoms with Crippen LogP contribution in [0, 0.1) is 0 Å². The maximum Gasteiger partial charge on any atom is 0.234 e. The van der Waals surface area contributed by atoms with Gasteiger partial charge in [0.2, 0.25) is 5.91 Å². The van der Waals surface area contributed by atoms with E-state index in [1.54, 1.807) is 11.3 Å². The second kappa shape index (κ2) is 7.81. The molecule has 1 fully saturated rings. The molecule has 0 bridgehead atoms. The summed E-state index contributed by atoms with van der Waals surface area (Å²) in [6, 6.07) is 13.0. The molecule has 0 aliphatic carbocycles. The molecule has 3 rings (SSSR count). The van der Waals surface area contributed by atoms with Crippen LogP contribution in [0.3, 0.4) is 0 Å². The van der Waals surface area contributed by atoms with Crippen LogP contribution in [0.25, 0.3) is 0 Å². The summed E-state index contributed by atoms with van der Waals surface area (Å²) in [4.78, 5) is 18.1. The van der Waals surface area contributed by atoms with Crippen molar-refractivity contribution >= 4 is 22.9 Å². The molecule has 1 aromatic heterocycles. The van der Waals surface area contributed by atoms with E-state index in [1.807, 2.05) is 14.1 Å². The fourth-order valence-electron chi connectivity index (χ4n) is 3.17. The van der Waals surface area contributed by atoms with Gasteiger partial charge in [0.15, 0.2) is 0 Å². The maximum absolute atomic E-state index is 12.3. The number of thiophene rings is 1. The van der Waals surface area contributed by atoms with Crippen LogP contribution in [0.4, 0.5) is 5.69 Å². The van der Waals surface area contributed by atoms with Crippen LogP contribution in [0.5, 0.6) is 0 Å². The molecule has 1 aliphatic heterocycles. The van der Waals surface area contributed by atoms with Crippen LogP contribution in [0.2, 0.25) is 0 Å². The van der Waals surface area contributed by atoms with Gasteiger partial charge in [-0.05, 0) is 48.5 Å². The molecular formula is C19H25N3OS. The van der Waals surface area contributed by atoms with E-state index in [2.05, 4.69) is 56.9 Å². The van der Waals surface area contributed by atoms with Crippen molar-refractivity contribution in [1.29, 1.82) is 0 Å². The average molecular weight is 343 g/mol. The van der Waals surface area contributed by atoms with Crippen molar-refractivity contribution in [2.24, 2.45) is 0 Å². The number of hydrogen-bond donors (Lipinski definition) is 1. The molecule has 1 aromatic carbocycles. The summed E-state index contributed by atoms with van der Waals surface area (Å²) < 4.78 is 0. The number of nitrogens with one attached hydrogen (secondary N) is 1. The van der Waals surface area contributed by atoms with Gasteiger partial charge in [-0.1, -0.05) is 18.2 Å². The summed E-state index contributed by atoms with van der Waals surface area (Å²) in [7, 11) is 4.05. The van der Waals surface area contributed by atoms with Gasteiger partial charge in [-0.3, -0.25) is 9.69 Å². The molecule has 1 aliphatic rings. The van der Waals surface area contributed by atoms with Crippen LogP contribution >= 0.6 is 11.3 Å². The van der Waals surface area contributed by atoms with E-state index in [1.165, 1.54) is 17.0 Å². The van der Waals surface area contributed by atoms with Gasteiger partial charge in [0.25, 0.3) is 0 Å². The van der Waals surface area contributed by atoms with Gasteiger partial charge < -0.3 is 10.2 Å². The van der Waals surface area contributed by atoms with Gasteiger partial charge in [-0.2, -0.15) is 0 Å². The van der Waals surface area contributed by atoms with E-state index < -0.39 is 0 Å². The number of likely N-dealkylation sites (tertiary alicyclic amines) is 1. The zero-order valence-electron chi connectivity index (χ0n) is 14.4. The largest absolute Gasteiger partial charge is 0.378 e. The number of nitrogens with zero attached hydrogens (tertiary/aromatic N) is 2. The summed E-state index contributed by atoms with van der Waals surface area (Å²) in [6.07, 6.45) is 2.32. The molecule has 24 heavy (non-hydrogen) atoms. The summed E-state index contributed by atoms with van der Waals surface area (Å²) in [5.74, 6) is 0.107. The maximum atomic E-state index is 12.3. The van der Waals surface area contributed by atoms with Crippen molar-refractivity contribution < 1.29 is 4.79 Å². The number of carbonyl (C=O) groups excluding carboxylic acids is 1. The molecule has 1 amide bonds. The van der Waals surface area contributed by atoms with Gasteiger partial charge in [0.05, 0.1) is 6.54 Å². The molecule has 128 valence electrons. The number of rotatable bonds is 6. The standard InChI is InChI=1S/C19H25N3OS/c1-21(2)16-9-7-15(8-10-16)13-20-19(23)14-22-11-3-5-17(22)18-6-4-12-24-18/h4,6-10,12,17H,3,5,11,13-14H2,1-2H3,(H,20,23). The van der Waals surface area contributed by atoms with Crippen molar-refractivity contribution in [3.63, 3.8) is 0 Å². The van der Waals surface area contributed by atoms with E-state index in [0.717, 1.165) is 18.5 Å². The number of amides is 1. The Balaban J connectivity index is 1.50. The van der Waals surface area contributed by atoms with Crippen LogP contribution in [-0.2, 0) is 11.3 Å². The molecule has 5 heteroatoms. The lowest BCUT2D eigenvalue weighted by Crippen LogP contribution is -2.36. The zero-order valence-corrected chi connectivity index (χ0v) is 15.2. The fourth-order valence-corrected chi connectivity index (χ4v) is 4.07. The second-order valence-electron chi connectivity index (χ2n) is 6.48. The van der Waals surface area contributed by atoms with E-state index >= 15 is 0 Å². The number of hydrogen-bond acceptors (Lipinski definition) is 4. The highest BCUT2D eigenvalue weighted by atomic mass is 32.1. The lowest BCUT2D eigenvalue weighted by atomic mass is 10.2. The molecule has 1 atom stereocenters. The van der Waals surface area contributed by atoms with Crippen molar-refractivity contribution in [1.82, 2.24) is 10.2 Å². The molecule has 1 N–H and O–H groups in total. The van der Waals surface area contributed by atoms with Crippen molar-refractivity contribution in [3.05, 3.63) is 52.2 Å². The van der Waals surface area contributed by atoms with Crippen LogP contribution in [-0.4, -0.2) is 38.0 Å². The second-order valence-corrected chi connectivity index (χ2v) is 7.46. The lowest BCUT2D eigenvalue weighted by molar-refractivity contribution is -0.122. The Labute approximate surface area is 148 Å². The first-order chi connectivity index (χ1) is 11.6. The summed E-state index contributed by atoms with van der Waals surface area (Å²) in [5, 5.41) is 5.16. The molecular weight excluding hydrogens is 318 g/mol. The minimum absolute atomic E-state index is 0.107. The summed E-state index contributed by atoms with van der Waals surface area (Å²) >= 11 is 1.79. The van der Waals surface area contributed by atoms with Crippen LogP contribution < -0.4 is 10.2 Å². The van der Waals surface area contributed by atoms with Gasteiger partial charge in [0, 0.05) is 37.2 Å². The highest BCUT2D eigenvalue weighted by molar-refractivity contribution is 7.10. The predicted octanol–water partition coefficient (Wildman–Crippen LogP) is 3.27. The molecule has 0 spiro atoms. The van der Waals surface area contributed by atoms with Gasteiger partial charge in [-0.25, -0.2) is 0 Å². The van der Waals surface area contributed by atoms with E-state index in [4.69, 9.17) is 0 Å². The van der Waals surface area contributed by atoms with E-state index in [-0.39, 0.29) is 5.91 Å². The van der Waals surface area contributed by atoms with Crippen LogP contribution in [0.1, 0.15) is 29.3 Å². The van der Waals surface area contributed by atoms with Gasteiger partial charge >= 0.3 is 0 Å². The third-order valence-electron chi connectivity index (χ3n) is 4.52. The normalized spacial score (nSPS) is 17.8. The first-order valence-corrected chi connectivity index (χ1v) is 9.32. The summed E-state index contributed by atoms with van der Waals surface area (Å²) in [5.41, 5.74) is 2.30. The van der Waals surface area contributed by atoms with Gasteiger partial charge in [-0.15, -0.1) is 11.3 Å². The van der Waals surface area contributed by atoms with Crippen LogP contribution in [0.15, 0.2) is 41.8 Å². The average Bonchev–Trinajstić information content (AvgIpc) is 3.24. The molecule has 1 saturated heterocycles. The molecule has 4 nitrogen and oxygen atoms in total. The Morgan fingerprint density at radius 2 is 2.08 bits per heavy atom. The Bertz CT molecular complexity index is 652. The molecule has 0 radical (unpaired) electrons. The Morgan fingerprint density at radius 3 is 2.75 bits per heavy atom. The topological polar surface area (TPSA) is 35.6 Å². The molecule has 2 heterocycles. The highest BCUT2D eigenvalue weighted by Crippen LogP contribution is 2.33. The summed E-state index contributed by atoms with van der Waals surface area (Å²) in [6.45, 7) is 2.08. The van der Waals surface area contributed by atoms with Gasteiger partial charge in [0.1, 0.15) is 0 Å². The molecule has 0 saturated carbocycles. The van der Waals surface area contributed by atoms with Crippen molar-refractivity contribution in [2.75, 3.05) is 32.1 Å². The zero-order chi connectivity index (χ0) is 16.9. The Hall–Kier alpha value is -1.85. The lowest BCUT2D eigenvalue weighted by Gasteiger charge is -2.23. The monoisotopic (exact) mass is 343 g/mol. The van der Waals surface area contributed by atoms with E-state index in [9.17, 15) is 4.79 Å². The minimum atomic E-state index is 0.107. The predicted molar refractivity (Wildman–Crippen MR) is 100 cm³/mol. The SMILES string of the molecule is CN(C)c1ccc(CNC(=O)CN2CCCC2c2cccs2)cc1. The number of anilines is 1. The number of carbonyl (C=O) groups is 1.